The Bertz CT molecular complexity index is 447. The van der Waals surface area contributed by atoms with Gasteiger partial charge in [0.1, 0.15) is 5.54 Å². The number of nitrogens with one attached hydrogen (secondary N) is 1. The van der Waals surface area contributed by atoms with Crippen LogP contribution in [0.2, 0.25) is 5.02 Å². The molecule has 0 aliphatic heterocycles. The van der Waals surface area contributed by atoms with Gasteiger partial charge in [-0.25, -0.2) is 4.79 Å². The number of aliphatic carboxylic acids is 1. The second-order valence-corrected chi connectivity index (χ2v) is 4.48. The van der Waals surface area contributed by atoms with Gasteiger partial charge >= 0.3 is 12.1 Å². The lowest BCUT2D eigenvalue weighted by Crippen LogP contribution is -2.51. The van der Waals surface area contributed by atoms with Crippen molar-refractivity contribution in [2.75, 3.05) is 6.54 Å². The highest BCUT2D eigenvalue weighted by Gasteiger charge is 2.41. The highest BCUT2D eigenvalue weighted by molar-refractivity contribution is 6.30. The maximum Gasteiger partial charge on any atom is 0.401 e. The van der Waals surface area contributed by atoms with Crippen molar-refractivity contribution in [3.8, 4) is 0 Å². The van der Waals surface area contributed by atoms with Gasteiger partial charge in [0, 0.05) is 5.02 Å². The van der Waals surface area contributed by atoms with Gasteiger partial charge in [-0.05, 0) is 24.1 Å². The average Bonchev–Trinajstić information content (AvgIpc) is 2.30. The molecule has 0 fully saturated rings. The van der Waals surface area contributed by atoms with Crippen LogP contribution in [0.5, 0.6) is 0 Å². The molecule has 0 aliphatic rings. The molecule has 1 rings (SSSR count). The number of carboxylic acid groups (broad SMARTS) is 1. The van der Waals surface area contributed by atoms with Crippen LogP contribution in [0.15, 0.2) is 24.3 Å². The first-order valence-electron chi connectivity index (χ1n) is 5.52. The minimum Gasteiger partial charge on any atom is -0.480 e. The summed E-state index contributed by atoms with van der Waals surface area (Å²) in [5, 5.41) is 11.8. The number of hydrogen-bond donors (Lipinski definition) is 2. The predicted octanol–water partition coefficient (Wildman–Crippen LogP) is 3.18. The molecule has 0 radical (unpaired) electrons. The summed E-state index contributed by atoms with van der Waals surface area (Å²) < 4.78 is 36.9. The Balaban J connectivity index is 3.12. The molecule has 3 nitrogen and oxygen atoms in total. The summed E-state index contributed by atoms with van der Waals surface area (Å²) in [4.78, 5) is 11.4. The Morgan fingerprint density at radius 2 is 1.84 bits per heavy atom. The summed E-state index contributed by atoms with van der Waals surface area (Å²) in [6.45, 7) is 0.127. The van der Waals surface area contributed by atoms with Crippen molar-refractivity contribution in [1.82, 2.24) is 5.32 Å². The van der Waals surface area contributed by atoms with Crippen LogP contribution in [0.4, 0.5) is 13.2 Å². The Hall–Kier alpha value is -1.27. The molecule has 19 heavy (non-hydrogen) atoms. The molecule has 0 saturated heterocycles. The number of carbonyl (C=O) groups is 1. The molecule has 1 atom stereocenters. The van der Waals surface area contributed by atoms with Crippen molar-refractivity contribution in [2.24, 2.45) is 0 Å². The van der Waals surface area contributed by atoms with E-state index in [0.717, 1.165) is 0 Å². The summed E-state index contributed by atoms with van der Waals surface area (Å²) in [5.74, 6) is -1.36. The van der Waals surface area contributed by atoms with Crippen molar-refractivity contribution in [2.45, 2.75) is 25.1 Å². The van der Waals surface area contributed by atoms with Crippen molar-refractivity contribution in [3.05, 3.63) is 34.9 Å². The van der Waals surface area contributed by atoms with E-state index in [1.807, 2.05) is 0 Å². The van der Waals surface area contributed by atoms with Gasteiger partial charge in [-0.1, -0.05) is 30.7 Å². The summed E-state index contributed by atoms with van der Waals surface area (Å²) in [5.41, 5.74) is -1.55. The van der Waals surface area contributed by atoms with Crippen molar-refractivity contribution in [1.29, 1.82) is 0 Å². The molecule has 7 heteroatoms. The lowest BCUT2D eigenvalue weighted by Gasteiger charge is -2.30. The lowest BCUT2D eigenvalue weighted by atomic mass is 9.87. The van der Waals surface area contributed by atoms with Crippen molar-refractivity contribution < 1.29 is 23.1 Å². The van der Waals surface area contributed by atoms with E-state index < -0.39 is 24.2 Å². The van der Waals surface area contributed by atoms with Crippen LogP contribution in [0.1, 0.15) is 18.9 Å². The fourth-order valence-electron chi connectivity index (χ4n) is 1.77. The quantitative estimate of drug-likeness (QED) is 0.877. The number of alkyl halides is 3. The van der Waals surface area contributed by atoms with Gasteiger partial charge in [0.15, 0.2) is 0 Å². The highest BCUT2D eigenvalue weighted by Crippen LogP contribution is 2.28. The number of hydrogen-bond acceptors (Lipinski definition) is 2. The normalized spacial score (nSPS) is 15.0. The second kappa shape index (κ2) is 5.79. The molecule has 1 unspecified atom stereocenters. The molecule has 0 aliphatic carbocycles. The first-order valence-corrected chi connectivity index (χ1v) is 5.90. The fourth-order valence-corrected chi connectivity index (χ4v) is 1.89. The largest absolute Gasteiger partial charge is 0.480 e. The molecule has 0 aromatic heterocycles. The average molecular weight is 296 g/mol. The van der Waals surface area contributed by atoms with Gasteiger partial charge in [0.2, 0.25) is 0 Å². The third-order valence-electron chi connectivity index (χ3n) is 2.82. The molecule has 2 N–H and O–H groups in total. The van der Waals surface area contributed by atoms with E-state index in [9.17, 15) is 23.1 Å². The van der Waals surface area contributed by atoms with Crippen LogP contribution in [0.25, 0.3) is 0 Å². The van der Waals surface area contributed by atoms with E-state index in [0.29, 0.717) is 5.02 Å². The summed E-state index contributed by atoms with van der Waals surface area (Å²) >= 11 is 5.69. The maximum atomic E-state index is 12.3. The Labute approximate surface area is 113 Å². The Morgan fingerprint density at radius 3 is 2.21 bits per heavy atom. The summed E-state index contributed by atoms with van der Waals surface area (Å²) in [7, 11) is 0. The topological polar surface area (TPSA) is 49.3 Å². The third-order valence-corrected chi connectivity index (χ3v) is 3.08. The Morgan fingerprint density at radius 1 is 1.32 bits per heavy atom. The maximum absolute atomic E-state index is 12.3. The van der Waals surface area contributed by atoms with Gasteiger partial charge in [-0.15, -0.1) is 0 Å². The smallest absolute Gasteiger partial charge is 0.401 e. The SMILES string of the molecule is CCC(NCC(F)(F)F)(C(=O)O)c1ccc(Cl)cc1. The first-order chi connectivity index (χ1) is 8.71. The lowest BCUT2D eigenvalue weighted by molar-refractivity contribution is -0.151. The molecular weight excluding hydrogens is 283 g/mol. The van der Waals surface area contributed by atoms with Crippen LogP contribution in [0.3, 0.4) is 0 Å². The molecule has 0 heterocycles. The first kappa shape index (κ1) is 15.8. The minimum absolute atomic E-state index is 0.0277. The second-order valence-electron chi connectivity index (χ2n) is 4.04. The number of carboxylic acids is 1. The van der Waals surface area contributed by atoms with Crippen molar-refractivity contribution >= 4 is 17.6 Å². The van der Waals surface area contributed by atoms with E-state index in [2.05, 4.69) is 5.32 Å². The standard InChI is InChI=1S/C12H13ClF3NO2/c1-2-11(10(18)19,17-7-12(14,15)16)8-3-5-9(13)6-4-8/h3-6,17H,2,7H2,1H3,(H,18,19). The van der Waals surface area contributed by atoms with Gasteiger partial charge in [-0.3, -0.25) is 5.32 Å². The molecule has 0 saturated carbocycles. The summed E-state index contributed by atoms with van der Waals surface area (Å²) in [6.07, 6.45) is -4.51. The highest BCUT2D eigenvalue weighted by atomic mass is 35.5. The van der Waals surface area contributed by atoms with Gasteiger partial charge < -0.3 is 5.11 Å². The zero-order chi connectivity index (χ0) is 14.7. The zero-order valence-electron chi connectivity index (χ0n) is 10.1. The van der Waals surface area contributed by atoms with Crippen LogP contribution < -0.4 is 5.32 Å². The van der Waals surface area contributed by atoms with E-state index in [-0.39, 0.29) is 12.0 Å². The van der Waals surface area contributed by atoms with Crippen LogP contribution in [0, 0.1) is 0 Å². The molecule has 0 amide bonds. The van der Waals surface area contributed by atoms with Gasteiger partial charge in [0.05, 0.1) is 6.54 Å². The molecular formula is C12H13ClF3NO2. The van der Waals surface area contributed by atoms with Gasteiger partial charge in [-0.2, -0.15) is 13.2 Å². The molecule has 0 bridgehead atoms. The van der Waals surface area contributed by atoms with Crippen LogP contribution in [-0.4, -0.2) is 23.8 Å². The zero-order valence-corrected chi connectivity index (χ0v) is 10.8. The van der Waals surface area contributed by atoms with Gasteiger partial charge in [0.25, 0.3) is 0 Å². The van der Waals surface area contributed by atoms with Crippen LogP contribution in [-0.2, 0) is 10.3 Å². The minimum atomic E-state index is -4.48. The fraction of sp³-hybridized carbons (Fsp3) is 0.417. The predicted molar refractivity (Wildman–Crippen MR) is 65.1 cm³/mol. The Kier molecular flexibility index (Phi) is 4.81. The third kappa shape index (κ3) is 3.84. The molecule has 1 aromatic rings. The van der Waals surface area contributed by atoms with E-state index in [1.54, 1.807) is 0 Å². The molecule has 1 aromatic carbocycles. The van der Waals surface area contributed by atoms with E-state index in [1.165, 1.54) is 31.2 Å². The number of benzene rings is 1. The monoisotopic (exact) mass is 295 g/mol. The number of rotatable bonds is 5. The van der Waals surface area contributed by atoms with Crippen molar-refractivity contribution in [3.63, 3.8) is 0 Å². The van der Waals surface area contributed by atoms with E-state index >= 15 is 0 Å². The number of halogens is 4. The van der Waals surface area contributed by atoms with E-state index in [4.69, 9.17) is 11.6 Å². The van der Waals surface area contributed by atoms with Crippen LogP contribution >= 0.6 is 11.6 Å². The molecule has 106 valence electrons. The summed E-state index contributed by atoms with van der Waals surface area (Å²) in [6, 6.07) is 5.70. The molecule has 0 spiro atoms.